The largest absolute Gasteiger partial charge is 0.393 e. The van der Waals surface area contributed by atoms with E-state index < -0.39 is 0 Å². The van der Waals surface area contributed by atoms with Crippen LogP contribution < -0.4 is 0 Å². The highest BCUT2D eigenvalue weighted by Crippen LogP contribution is 2.66. The van der Waals surface area contributed by atoms with E-state index in [9.17, 15) is 9.90 Å². The first-order valence-electron chi connectivity index (χ1n) is 9.66. The molecule has 1 heterocycles. The minimum absolute atomic E-state index is 0.0699. The van der Waals surface area contributed by atoms with Gasteiger partial charge in [-0.2, -0.15) is 11.8 Å². The molecule has 3 aliphatic carbocycles. The van der Waals surface area contributed by atoms with E-state index in [0.29, 0.717) is 22.4 Å². The van der Waals surface area contributed by atoms with Gasteiger partial charge in [0.25, 0.3) is 0 Å². The van der Waals surface area contributed by atoms with Crippen molar-refractivity contribution < 1.29 is 9.90 Å². The van der Waals surface area contributed by atoms with Crippen LogP contribution >= 0.6 is 11.8 Å². The van der Waals surface area contributed by atoms with Crippen molar-refractivity contribution in [1.82, 2.24) is 0 Å². The Morgan fingerprint density at radius 1 is 1.04 bits per heavy atom. The van der Waals surface area contributed by atoms with Crippen LogP contribution in [-0.4, -0.2) is 28.0 Å². The number of ketones is 1. The number of Topliss-reactive ketones (excluding diaryl/α,β-unsaturated/α-hetero) is 1. The zero-order chi connectivity index (χ0) is 16.4. The van der Waals surface area contributed by atoms with E-state index >= 15 is 0 Å². The fourth-order valence-electron chi connectivity index (χ4n) is 7.19. The second-order valence-electron chi connectivity index (χ2n) is 9.42. The van der Waals surface area contributed by atoms with Crippen LogP contribution in [0.15, 0.2) is 0 Å². The van der Waals surface area contributed by atoms with Crippen LogP contribution in [0.25, 0.3) is 0 Å². The maximum Gasteiger partial charge on any atom is 0.133 e. The Labute approximate surface area is 145 Å². The second kappa shape index (κ2) is 5.49. The molecule has 23 heavy (non-hydrogen) atoms. The van der Waals surface area contributed by atoms with Crippen molar-refractivity contribution in [2.75, 3.05) is 5.75 Å². The van der Waals surface area contributed by atoms with Gasteiger partial charge in [0.2, 0.25) is 0 Å². The summed E-state index contributed by atoms with van der Waals surface area (Å²) < 4.78 is 0. The third kappa shape index (κ3) is 2.28. The average Bonchev–Trinajstić information content (AvgIpc) is 2.85. The molecule has 4 rings (SSSR count). The Morgan fingerprint density at radius 2 is 1.74 bits per heavy atom. The van der Waals surface area contributed by atoms with Gasteiger partial charge < -0.3 is 5.11 Å². The molecule has 0 bridgehead atoms. The van der Waals surface area contributed by atoms with Crippen molar-refractivity contribution in [3.8, 4) is 0 Å². The molecule has 0 amide bonds. The molecular formula is C20H32O2S. The zero-order valence-corrected chi connectivity index (χ0v) is 15.7. The summed E-state index contributed by atoms with van der Waals surface area (Å²) in [5, 5.41) is 10.7. The summed E-state index contributed by atoms with van der Waals surface area (Å²) in [5.41, 5.74) is 0.688. The Hall–Kier alpha value is -0.0200. The summed E-state index contributed by atoms with van der Waals surface area (Å²) in [5.74, 6) is 4.40. The molecule has 1 N–H and O–H groups in total. The number of aliphatic hydroxyl groups excluding tert-OH is 1. The molecule has 4 fully saturated rings. The fraction of sp³-hybridized carbons (Fsp3) is 0.950. The first kappa shape index (κ1) is 16.4. The highest BCUT2D eigenvalue weighted by atomic mass is 32.2. The van der Waals surface area contributed by atoms with Crippen molar-refractivity contribution in [3.63, 3.8) is 0 Å². The number of thioether (sulfide) groups is 1. The van der Waals surface area contributed by atoms with Crippen LogP contribution in [0.3, 0.4) is 0 Å². The van der Waals surface area contributed by atoms with Gasteiger partial charge in [-0.15, -0.1) is 0 Å². The molecule has 8 atom stereocenters. The van der Waals surface area contributed by atoms with Gasteiger partial charge in [0.1, 0.15) is 5.78 Å². The second-order valence-corrected chi connectivity index (χ2v) is 10.7. The quantitative estimate of drug-likeness (QED) is 0.775. The number of fused-ring (bicyclic) bond motifs is 5. The van der Waals surface area contributed by atoms with Crippen LogP contribution in [0, 0.1) is 34.5 Å². The van der Waals surface area contributed by atoms with Gasteiger partial charge in [0.05, 0.1) is 6.10 Å². The summed E-state index contributed by atoms with van der Waals surface area (Å²) in [7, 11) is 0. The minimum atomic E-state index is -0.0699. The van der Waals surface area contributed by atoms with Crippen molar-refractivity contribution in [3.05, 3.63) is 0 Å². The first-order valence-corrected chi connectivity index (χ1v) is 10.7. The first-order chi connectivity index (χ1) is 10.9. The van der Waals surface area contributed by atoms with Gasteiger partial charge >= 0.3 is 0 Å². The lowest BCUT2D eigenvalue weighted by Gasteiger charge is -2.60. The van der Waals surface area contributed by atoms with E-state index in [0.717, 1.165) is 37.0 Å². The molecule has 0 aromatic rings. The number of rotatable bonds is 1. The third-order valence-corrected chi connectivity index (χ3v) is 10.2. The molecule has 4 aliphatic rings. The number of hydrogen-bond donors (Lipinski definition) is 1. The van der Waals surface area contributed by atoms with E-state index in [4.69, 9.17) is 0 Å². The predicted octanol–water partition coefficient (Wildman–Crippen LogP) is 4.30. The lowest BCUT2D eigenvalue weighted by atomic mass is 9.50. The van der Waals surface area contributed by atoms with Gasteiger partial charge in [0.15, 0.2) is 0 Å². The van der Waals surface area contributed by atoms with Gasteiger partial charge in [-0.05, 0) is 86.2 Å². The van der Waals surface area contributed by atoms with E-state index in [1.54, 1.807) is 0 Å². The molecule has 3 saturated carbocycles. The van der Waals surface area contributed by atoms with Crippen LogP contribution in [0.4, 0.5) is 0 Å². The van der Waals surface area contributed by atoms with E-state index in [2.05, 4.69) is 25.6 Å². The normalized spacial score (nSPS) is 55.7. The average molecular weight is 337 g/mol. The molecule has 3 unspecified atom stereocenters. The maximum atomic E-state index is 12.2. The summed E-state index contributed by atoms with van der Waals surface area (Å²) in [6.07, 6.45) is 8.09. The van der Waals surface area contributed by atoms with Gasteiger partial charge in [-0.3, -0.25) is 4.79 Å². The Bertz CT molecular complexity index is 506. The molecule has 0 radical (unpaired) electrons. The van der Waals surface area contributed by atoms with Crippen molar-refractivity contribution in [1.29, 1.82) is 0 Å². The van der Waals surface area contributed by atoms with Crippen molar-refractivity contribution in [2.45, 2.75) is 77.1 Å². The molecule has 3 heteroatoms. The Balaban J connectivity index is 1.61. The fourth-order valence-corrected chi connectivity index (χ4v) is 9.14. The van der Waals surface area contributed by atoms with Crippen LogP contribution in [0.1, 0.15) is 65.7 Å². The minimum Gasteiger partial charge on any atom is -0.393 e. The van der Waals surface area contributed by atoms with Crippen molar-refractivity contribution >= 4 is 17.5 Å². The topological polar surface area (TPSA) is 37.3 Å². The molecule has 0 spiro atoms. The van der Waals surface area contributed by atoms with Crippen LogP contribution in [0.5, 0.6) is 0 Å². The summed E-state index contributed by atoms with van der Waals surface area (Å²) in [4.78, 5) is 12.2. The van der Waals surface area contributed by atoms with Gasteiger partial charge in [-0.25, -0.2) is 0 Å². The molecule has 130 valence electrons. The van der Waals surface area contributed by atoms with Crippen LogP contribution in [0.2, 0.25) is 0 Å². The molecule has 2 nitrogen and oxygen atoms in total. The highest BCUT2D eigenvalue weighted by Gasteiger charge is 2.61. The molecule has 1 aliphatic heterocycles. The van der Waals surface area contributed by atoms with E-state index in [-0.39, 0.29) is 11.5 Å². The monoisotopic (exact) mass is 336 g/mol. The van der Waals surface area contributed by atoms with E-state index in [1.165, 1.54) is 31.4 Å². The van der Waals surface area contributed by atoms with E-state index in [1.807, 2.05) is 6.92 Å². The van der Waals surface area contributed by atoms with Crippen LogP contribution in [-0.2, 0) is 4.79 Å². The zero-order valence-electron chi connectivity index (χ0n) is 14.9. The summed E-state index contributed by atoms with van der Waals surface area (Å²) >= 11 is 2.15. The standard InChI is InChI=1S/C20H32O2S/c1-12(21)15-4-5-16-14-11-23-18-10-13(22)6-8-20(18,3)17(14)7-9-19(15,16)2/h13-18,22H,4-11H2,1-3H3/t13-,14?,15-,16?,17?,18+,19-,20-/m1/s1. The Morgan fingerprint density at radius 3 is 2.48 bits per heavy atom. The molecule has 0 aromatic carbocycles. The molecule has 1 saturated heterocycles. The maximum absolute atomic E-state index is 12.2. The van der Waals surface area contributed by atoms with Gasteiger partial charge in [-0.1, -0.05) is 13.8 Å². The SMILES string of the molecule is CC(=O)[C@H]1CCC2C3CS[C@H]4C[C@H](O)CC[C@]4(C)C3CC[C@@]21C. The summed E-state index contributed by atoms with van der Waals surface area (Å²) in [6, 6.07) is 0. The molecule has 0 aromatic heterocycles. The lowest BCUT2D eigenvalue weighted by molar-refractivity contribution is -0.127. The predicted molar refractivity (Wildman–Crippen MR) is 95.4 cm³/mol. The lowest BCUT2D eigenvalue weighted by Crippen LogP contribution is -2.56. The summed E-state index contributed by atoms with van der Waals surface area (Å²) in [6.45, 7) is 6.77. The molecular weight excluding hydrogens is 304 g/mol. The highest BCUT2D eigenvalue weighted by molar-refractivity contribution is 8.00. The number of aliphatic hydroxyl groups is 1. The number of hydrogen-bond acceptors (Lipinski definition) is 3. The smallest absolute Gasteiger partial charge is 0.133 e. The third-order valence-electron chi connectivity index (χ3n) is 8.50. The number of carbonyl (C=O) groups is 1. The van der Waals surface area contributed by atoms with Crippen molar-refractivity contribution in [2.24, 2.45) is 34.5 Å². The Kier molecular flexibility index (Phi) is 3.93. The van der Waals surface area contributed by atoms with Gasteiger partial charge in [0, 0.05) is 11.2 Å². The number of carbonyl (C=O) groups excluding carboxylic acids is 1.